The van der Waals surface area contributed by atoms with E-state index in [4.69, 9.17) is 15.2 Å². The Hall–Kier alpha value is -4.40. The Morgan fingerprint density at radius 3 is 2.76 bits per heavy atom. The molecule has 0 fully saturated rings. The molecule has 1 unspecified atom stereocenters. The molecule has 166 valence electrons. The number of primary amides is 1. The lowest BCUT2D eigenvalue weighted by atomic mass is 9.95. The summed E-state index contributed by atoms with van der Waals surface area (Å²) in [6.07, 6.45) is 7.63. The van der Waals surface area contributed by atoms with Crippen LogP contribution in [0.3, 0.4) is 0 Å². The average molecular weight is 442 g/mol. The minimum Gasteiger partial charge on any atom is -0.454 e. The maximum Gasteiger partial charge on any atom is 0.240 e. The largest absolute Gasteiger partial charge is 0.454 e. The molecule has 9 heteroatoms. The van der Waals surface area contributed by atoms with E-state index < -0.39 is 11.9 Å². The van der Waals surface area contributed by atoms with Crippen LogP contribution in [-0.2, 0) is 17.6 Å². The number of benzene rings is 2. The molecule has 1 atom stereocenters. The first-order valence-corrected chi connectivity index (χ1v) is 10.5. The Labute approximate surface area is 190 Å². The number of amides is 1. The second kappa shape index (κ2) is 8.99. The smallest absolute Gasteiger partial charge is 0.240 e. The highest BCUT2D eigenvalue weighted by molar-refractivity contribution is 5.83. The highest BCUT2D eigenvalue weighted by Gasteiger charge is 2.19. The summed E-state index contributed by atoms with van der Waals surface area (Å²) in [5, 5.41) is 3.16. The second-order valence-corrected chi connectivity index (χ2v) is 7.67. The molecule has 0 aliphatic carbocycles. The van der Waals surface area contributed by atoms with Gasteiger partial charge in [0.1, 0.15) is 30.3 Å². The lowest BCUT2D eigenvalue weighted by Gasteiger charge is -2.18. The molecule has 2 aromatic carbocycles. The SMILES string of the molecule is NC(=O)C(Cc1ccccc1Cc1ccc2c(c1)OCO2)Nc1cc(-n2ccnc2)ncn1. The summed E-state index contributed by atoms with van der Waals surface area (Å²) in [5.74, 6) is 2.18. The van der Waals surface area contributed by atoms with Gasteiger partial charge in [-0.05, 0) is 35.2 Å². The molecular formula is C24H22N6O3. The van der Waals surface area contributed by atoms with Gasteiger partial charge < -0.3 is 20.5 Å². The van der Waals surface area contributed by atoms with Crippen LogP contribution in [0.1, 0.15) is 16.7 Å². The van der Waals surface area contributed by atoms with Crippen molar-refractivity contribution in [2.24, 2.45) is 5.73 Å². The summed E-state index contributed by atoms with van der Waals surface area (Å²) in [4.78, 5) is 24.8. The predicted molar refractivity (Wildman–Crippen MR) is 121 cm³/mol. The number of imidazole rings is 1. The molecular weight excluding hydrogens is 420 g/mol. The van der Waals surface area contributed by atoms with Crippen molar-refractivity contribution in [2.75, 3.05) is 12.1 Å². The average Bonchev–Trinajstić information content (AvgIpc) is 3.52. The summed E-state index contributed by atoms with van der Waals surface area (Å²) in [5.41, 5.74) is 8.96. The normalized spacial score (nSPS) is 13.0. The van der Waals surface area contributed by atoms with E-state index in [2.05, 4.69) is 26.3 Å². The fourth-order valence-electron chi connectivity index (χ4n) is 3.78. The zero-order valence-corrected chi connectivity index (χ0v) is 17.7. The van der Waals surface area contributed by atoms with E-state index in [9.17, 15) is 4.79 Å². The third kappa shape index (κ3) is 4.62. The van der Waals surface area contributed by atoms with E-state index in [-0.39, 0.29) is 6.79 Å². The predicted octanol–water partition coefficient (Wildman–Crippen LogP) is 2.49. The molecule has 4 aromatic rings. The number of hydrogen-bond donors (Lipinski definition) is 2. The number of carbonyl (C=O) groups excluding carboxylic acids is 1. The number of nitrogens with one attached hydrogen (secondary N) is 1. The summed E-state index contributed by atoms with van der Waals surface area (Å²) in [7, 11) is 0. The Morgan fingerprint density at radius 2 is 1.94 bits per heavy atom. The second-order valence-electron chi connectivity index (χ2n) is 7.67. The molecule has 0 saturated carbocycles. The number of ether oxygens (including phenoxy) is 2. The van der Waals surface area contributed by atoms with Gasteiger partial charge in [-0.2, -0.15) is 0 Å². The van der Waals surface area contributed by atoms with Crippen LogP contribution in [0.15, 0.2) is 73.6 Å². The Balaban J connectivity index is 1.35. The van der Waals surface area contributed by atoms with Crippen molar-refractivity contribution in [3.63, 3.8) is 0 Å². The highest BCUT2D eigenvalue weighted by Crippen LogP contribution is 2.33. The lowest BCUT2D eigenvalue weighted by Crippen LogP contribution is -2.37. The van der Waals surface area contributed by atoms with Gasteiger partial charge in [-0.3, -0.25) is 9.36 Å². The highest BCUT2D eigenvalue weighted by atomic mass is 16.7. The number of nitrogens with two attached hydrogens (primary N) is 1. The van der Waals surface area contributed by atoms with Gasteiger partial charge in [0.15, 0.2) is 11.5 Å². The minimum atomic E-state index is -0.645. The number of hydrogen-bond acceptors (Lipinski definition) is 7. The van der Waals surface area contributed by atoms with Gasteiger partial charge in [-0.1, -0.05) is 30.3 Å². The fourth-order valence-corrected chi connectivity index (χ4v) is 3.78. The van der Waals surface area contributed by atoms with Crippen LogP contribution in [0, 0.1) is 0 Å². The summed E-state index contributed by atoms with van der Waals surface area (Å²) in [6.45, 7) is 0.243. The standard InChI is InChI=1S/C24H22N6O3/c25-24(31)19(29-22-12-23(28-13-27-22)30-8-7-26-14-30)11-18-4-2-1-3-17(18)9-16-5-6-20-21(10-16)33-15-32-20/h1-8,10,12-14,19H,9,11,15H2,(H2,25,31)(H,27,28,29). The summed E-state index contributed by atoms with van der Waals surface area (Å²) < 4.78 is 12.6. The molecule has 0 saturated heterocycles. The van der Waals surface area contributed by atoms with Gasteiger partial charge in [-0.25, -0.2) is 15.0 Å². The first-order chi connectivity index (χ1) is 16.2. The van der Waals surface area contributed by atoms with Crippen molar-refractivity contribution in [2.45, 2.75) is 18.9 Å². The van der Waals surface area contributed by atoms with Gasteiger partial charge in [0.2, 0.25) is 12.7 Å². The molecule has 3 heterocycles. The Morgan fingerprint density at radius 1 is 1.09 bits per heavy atom. The van der Waals surface area contributed by atoms with Crippen molar-refractivity contribution < 1.29 is 14.3 Å². The first kappa shape index (κ1) is 20.5. The molecule has 0 radical (unpaired) electrons. The summed E-state index contributed by atoms with van der Waals surface area (Å²) in [6, 6.07) is 15.0. The van der Waals surface area contributed by atoms with Gasteiger partial charge in [-0.15, -0.1) is 0 Å². The molecule has 1 aliphatic heterocycles. The quantitative estimate of drug-likeness (QED) is 0.430. The zero-order chi connectivity index (χ0) is 22.6. The summed E-state index contributed by atoms with van der Waals surface area (Å²) >= 11 is 0. The van der Waals surface area contributed by atoms with E-state index in [0.29, 0.717) is 24.5 Å². The molecule has 1 amide bonds. The van der Waals surface area contributed by atoms with Crippen LogP contribution in [0.4, 0.5) is 5.82 Å². The number of fused-ring (bicyclic) bond motifs is 1. The van der Waals surface area contributed by atoms with Crippen LogP contribution >= 0.6 is 0 Å². The first-order valence-electron chi connectivity index (χ1n) is 10.5. The number of aromatic nitrogens is 4. The molecule has 33 heavy (non-hydrogen) atoms. The molecule has 9 nitrogen and oxygen atoms in total. The molecule has 3 N–H and O–H groups in total. The molecule has 2 aromatic heterocycles. The zero-order valence-electron chi connectivity index (χ0n) is 17.7. The Bertz CT molecular complexity index is 1270. The van der Waals surface area contributed by atoms with E-state index in [0.717, 1.165) is 28.2 Å². The Kier molecular flexibility index (Phi) is 5.59. The van der Waals surface area contributed by atoms with Crippen molar-refractivity contribution in [1.82, 2.24) is 19.5 Å². The molecule has 0 spiro atoms. The maximum absolute atomic E-state index is 12.3. The van der Waals surface area contributed by atoms with E-state index in [1.165, 1.54) is 6.33 Å². The van der Waals surface area contributed by atoms with Crippen molar-refractivity contribution >= 4 is 11.7 Å². The molecule has 1 aliphatic rings. The molecule has 5 rings (SSSR count). The van der Waals surface area contributed by atoms with Crippen LogP contribution in [0.25, 0.3) is 5.82 Å². The van der Waals surface area contributed by atoms with E-state index >= 15 is 0 Å². The lowest BCUT2D eigenvalue weighted by molar-refractivity contribution is -0.118. The van der Waals surface area contributed by atoms with Crippen LogP contribution in [0.2, 0.25) is 0 Å². The van der Waals surface area contributed by atoms with Crippen molar-refractivity contribution in [3.05, 3.63) is 90.3 Å². The number of nitrogens with zero attached hydrogens (tertiary/aromatic N) is 4. The van der Waals surface area contributed by atoms with Gasteiger partial charge in [0.25, 0.3) is 0 Å². The third-order valence-electron chi connectivity index (χ3n) is 5.46. The number of rotatable bonds is 8. The van der Waals surface area contributed by atoms with Gasteiger partial charge in [0.05, 0.1) is 0 Å². The fraction of sp³-hybridized carbons (Fsp3) is 0.167. The maximum atomic E-state index is 12.3. The minimum absolute atomic E-state index is 0.243. The number of anilines is 1. The van der Waals surface area contributed by atoms with Gasteiger partial charge in [0, 0.05) is 24.9 Å². The monoisotopic (exact) mass is 442 g/mol. The third-order valence-corrected chi connectivity index (χ3v) is 5.46. The van der Waals surface area contributed by atoms with E-state index in [1.54, 1.807) is 29.4 Å². The van der Waals surface area contributed by atoms with Crippen molar-refractivity contribution in [1.29, 1.82) is 0 Å². The van der Waals surface area contributed by atoms with Crippen molar-refractivity contribution in [3.8, 4) is 17.3 Å². The van der Waals surface area contributed by atoms with E-state index in [1.807, 2.05) is 36.4 Å². The van der Waals surface area contributed by atoms with Crippen LogP contribution in [0.5, 0.6) is 11.5 Å². The van der Waals surface area contributed by atoms with Crippen LogP contribution in [-0.4, -0.2) is 38.3 Å². The van der Waals surface area contributed by atoms with Crippen LogP contribution < -0.4 is 20.5 Å². The topological polar surface area (TPSA) is 117 Å². The van der Waals surface area contributed by atoms with Gasteiger partial charge >= 0.3 is 0 Å². The molecule has 0 bridgehead atoms. The number of carbonyl (C=O) groups is 1.